The first kappa shape index (κ1) is 5.63. The zero-order valence-corrected chi connectivity index (χ0v) is 4.02. The van der Waals surface area contributed by atoms with E-state index in [2.05, 4.69) is 4.99 Å². The van der Waals surface area contributed by atoms with Gasteiger partial charge in [0.15, 0.2) is 0 Å². The first-order valence-corrected chi connectivity index (χ1v) is 2.06. The maximum atomic E-state index is 5.10. The Morgan fingerprint density at radius 2 is 2.50 bits per heavy atom. The summed E-state index contributed by atoms with van der Waals surface area (Å²) in [6.45, 7) is 3.30. The van der Waals surface area contributed by atoms with Crippen LogP contribution in [0.3, 0.4) is 0 Å². The maximum Gasteiger partial charge on any atom is 0.0507 e. The summed E-state index contributed by atoms with van der Waals surface area (Å²) in [6.07, 6.45) is 1.76. The highest BCUT2D eigenvalue weighted by Gasteiger charge is 1.64. The first-order chi connectivity index (χ1) is 2.91. The quantitative estimate of drug-likeness (QED) is 0.473. The minimum absolute atomic E-state index is 0.657. The lowest BCUT2D eigenvalue weighted by Crippen LogP contribution is -2.01. The molecular formula is C4H10N2. The SMILES string of the molecule is CC=NCCN. The van der Waals surface area contributed by atoms with Gasteiger partial charge in [-0.3, -0.25) is 4.99 Å². The lowest BCUT2D eigenvalue weighted by molar-refractivity contribution is 0.980. The summed E-state index contributed by atoms with van der Waals surface area (Å²) >= 11 is 0. The average Bonchev–Trinajstić information content (AvgIpc) is 1.61. The predicted molar refractivity (Wildman–Crippen MR) is 28.1 cm³/mol. The van der Waals surface area contributed by atoms with Crippen LogP contribution in [0.25, 0.3) is 0 Å². The number of hydrogen-bond donors (Lipinski definition) is 1. The van der Waals surface area contributed by atoms with Crippen molar-refractivity contribution in [1.29, 1.82) is 0 Å². The molecule has 0 spiro atoms. The third kappa shape index (κ3) is 3.63. The zero-order valence-electron chi connectivity index (χ0n) is 4.02. The summed E-state index contributed by atoms with van der Waals surface area (Å²) in [5.74, 6) is 0. The second-order valence-electron chi connectivity index (χ2n) is 0.953. The standard InChI is InChI=1S/C4H10N2/c1-2-6-4-3-5/h2H,3-5H2,1H3. The van der Waals surface area contributed by atoms with E-state index >= 15 is 0 Å². The highest BCUT2D eigenvalue weighted by molar-refractivity contribution is 5.53. The minimum atomic E-state index is 0.657. The minimum Gasteiger partial charge on any atom is -0.329 e. The van der Waals surface area contributed by atoms with E-state index in [-0.39, 0.29) is 0 Å². The molecule has 2 heteroatoms. The van der Waals surface area contributed by atoms with E-state index in [0.29, 0.717) is 6.54 Å². The Morgan fingerprint density at radius 3 is 2.67 bits per heavy atom. The summed E-state index contributed by atoms with van der Waals surface area (Å²) in [7, 11) is 0. The fraction of sp³-hybridized carbons (Fsp3) is 0.750. The topological polar surface area (TPSA) is 38.4 Å². The van der Waals surface area contributed by atoms with Gasteiger partial charge in [0.2, 0.25) is 0 Å². The molecule has 0 saturated heterocycles. The number of nitrogens with zero attached hydrogens (tertiary/aromatic N) is 1. The van der Waals surface area contributed by atoms with Crippen molar-refractivity contribution in [3.8, 4) is 0 Å². The maximum absolute atomic E-state index is 5.10. The van der Waals surface area contributed by atoms with Gasteiger partial charge in [0.05, 0.1) is 6.54 Å². The van der Waals surface area contributed by atoms with Gasteiger partial charge in [-0.2, -0.15) is 0 Å². The highest BCUT2D eigenvalue weighted by atomic mass is 14.7. The molecule has 0 atom stereocenters. The van der Waals surface area contributed by atoms with Crippen molar-refractivity contribution < 1.29 is 0 Å². The van der Waals surface area contributed by atoms with Crippen molar-refractivity contribution in [3.63, 3.8) is 0 Å². The van der Waals surface area contributed by atoms with E-state index < -0.39 is 0 Å². The first-order valence-electron chi connectivity index (χ1n) is 2.06. The number of hydrogen-bond acceptors (Lipinski definition) is 2. The molecule has 0 amide bonds. The lowest BCUT2D eigenvalue weighted by Gasteiger charge is -1.78. The fourth-order valence-corrected chi connectivity index (χ4v) is 0.204. The van der Waals surface area contributed by atoms with Crippen molar-refractivity contribution in [1.82, 2.24) is 0 Å². The Labute approximate surface area is 38.1 Å². The molecule has 0 radical (unpaired) electrons. The molecule has 0 unspecified atom stereocenters. The van der Waals surface area contributed by atoms with Gasteiger partial charge >= 0.3 is 0 Å². The lowest BCUT2D eigenvalue weighted by atomic mass is 10.7. The molecule has 0 aromatic heterocycles. The predicted octanol–water partition coefficient (Wildman–Crippen LogP) is 0.0358. The van der Waals surface area contributed by atoms with E-state index in [9.17, 15) is 0 Å². The second-order valence-corrected chi connectivity index (χ2v) is 0.953. The summed E-state index contributed by atoms with van der Waals surface area (Å²) < 4.78 is 0. The normalized spacial score (nSPS) is 10.3. The van der Waals surface area contributed by atoms with Gasteiger partial charge in [0, 0.05) is 6.54 Å². The Hall–Kier alpha value is -0.370. The second kappa shape index (κ2) is 4.63. The van der Waals surface area contributed by atoms with Crippen molar-refractivity contribution in [2.45, 2.75) is 6.92 Å². The molecule has 36 valence electrons. The van der Waals surface area contributed by atoms with E-state index in [0.717, 1.165) is 6.54 Å². The highest BCUT2D eigenvalue weighted by Crippen LogP contribution is 1.57. The summed E-state index contributed by atoms with van der Waals surface area (Å²) in [5.41, 5.74) is 5.10. The van der Waals surface area contributed by atoms with Crippen molar-refractivity contribution in [2.75, 3.05) is 13.1 Å². The van der Waals surface area contributed by atoms with Crippen LogP contribution in [-0.2, 0) is 0 Å². The van der Waals surface area contributed by atoms with Crippen LogP contribution < -0.4 is 5.73 Å². The zero-order chi connectivity index (χ0) is 4.83. The molecule has 0 aliphatic carbocycles. The van der Waals surface area contributed by atoms with Gasteiger partial charge in [-0.1, -0.05) is 0 Å². The Bertz CT molecular complexity index is 40.8. The molecule has 0 rings (SSSR count). The largest absolute Gasteiger partial charge is 0.329 e. The average molecular weight is 86.1 g/mol. The molecular weight excluding hydrogens is 76.1 g/mol. The molecule has 0 fully saturated rings. The molecule has 0 aromatic carbocycles. The van der Waals surface area contributed by atoms with Crippen LogP contribution in [0.4, 0.5) is 0 Å². The number of nitrogens with two attached hydrogens (primary N) is 1. The van der Waals surface area contributed by atoms with Crippen molar-refractivity contribution in [2.24, 2.45) is 10.7 Å². The third-order valence-corrected chi connectivity index (χ3v) is 0.441. The Balaban J connectivity index is 2.66. The molecule has 6 heavy (non-hydrogen) atoms. The molecule has 2 nitrogen and oxygen atoms in total. The van der Waals surface area contributed by atoms with E-state index in [1.54, 1.807) is 6.21 Å². The van der Waals surface area contributed by atoms with Gasteiger partial charge in [-0.05, 0) is 13.1 Å². The van der Waals surface area contributed by atoms with Crippen molar-refractivity contribution >= 4 is 6.21 Å². The van der Waals surface area contributed by atoms with Gasteiger partial charge in [-0.25, -0.2) is 0 Å². The Kier molecular flexibility index (Phi) is 4.34. The molecule has 0 aliphatic heterocycles. The van der Waals surface area contributed by atoms with Crippen LogP contribution in [0.15, 0.2) is 4.99 Å². The van der Waals surface area contributed by atoms with Crippen LogP contribution in [0, 0.1) is 0 Å². The van der Waals surface area contributed by atoms with Gasteiger partial charge in [-0.15, -0.1) is 0 Å². The Morgan fingerprint density at radius 1 is 1.83 bits per heavy atom. The van der Waals surface area contributed by atoms with Crippen molar-refractivity contribution in [3.05, 3.63) is 0 Å². The molecule has 0 aliphatic rings. The molecule has 0 saturated carbocycles. The smallest absolute Gasteiger partial charge is 0.0507 e. The van der Waals surface area contributed by atoms with E-state index in [1.807, 2.05) is 6.92 Å². The van der Waals surface area contributed by atoms with Crippen LogP contribution in [0.1, 0.15) is 6.92 Å². The summed E-state index contributed by atoms with van der Waals surface area (Å²) in [4.78, 5) is 3.84. The van der Waals surface area contributed by atoms with Gasteiger partial charge in [0.25, 0.3) is 0 Å². The molecule has 2 N–H and O–H groups in total. The van der Waals surface area contributed by atoms with Gasteiger partial charge < -0.3 is 5.73 Å². The molecule has 0 bridgehead atoms. The van der Waals surface area contributed by atoms with Crippen LogP contribution in [-0.4, -0.2) is 19.3 Å². The molecule has 0 aromatic rings. The van der Waals surface area contributed by atoms with E-state index in [4.69, 9.17) is 5.73 Å². The monoisotopic (exact) mass is 86.1 g/mol. The van der Waals surface area contributed by atoms with E-state index in [1.165, 1.54) is 0 Å². The van der Waals surface area contributed by atoms with Crippen LogP contribution in [0.5, 0.6) is 0 Å². The summed E-state index contributed by atoms with van der Waals surface area (Å²) in [6, 6.07) is 0. The fourth-order valence-electron chi connectivity index (χ4n) is 0.204. The van der Waals surface area contributed by atoms with Gasteiger partial charge in [0.1, 0.15) is 0 Å². The van der Waals surface area contributed by atoms with Crippen LogP contribution in [0.2, 0.25) is 0 Å². The number of rotatable bonds is 2. The third-order valence-electron chi connectivity index (χ3n) is 0.441. The number of aliphatic imine (C=N–C) groups is 1. The van der Waals surface area contributed by atoms with Crippen LogP contribution >= 0.6 is 0 Å². The molecule has 0 heterocycles. The summed E-state index contributed by atoms with van der Waals surface area (Å²) in [5, 5.41) is 0.